The van der Waals surface area contributed by atoms with E-state index in [9.17, 15) is 0 Å². The van der Waals surface area contributed by atoms with Crippen molar-refractivity contribution in [1.29, 1.82) is 0 Å². The standard InChI is InChI=1S/C25H25P/c1-25(20-12-13-21-25)26(2,22-14-6-3-7-15-22,23-16-8-4-9-17-23)24-18-10-5-11-19-24/h3-21H,1-2H3. The molecule has 0 heterocycles. The van der Waals surface area contributed by atoms with Crippen LogP contribution in [0.4, 0.5) is 0 Å². The molecule has 0 amide bonds. The molecule has 0 saturated heterocycles. The van der Waals surface area contributed by atoms with Crippen LogP contribution in [0.3, 0.4) is 0 Å². The topological polar surface area (TPSA) is 0 Å². The molecule has 0 nitrogen and oxygen atoms in total. The van der Waals surface area contributed by atoms with Crippen LogP contribution in [-0.2, 0) is 0 Å². The first-order valence-corrected chi connectivity index (χ1v) is 11.8. The number of rotatable bonds is 4. The van der Waals surface area contributed by atoms with Crippen LogP contribution >= 0.6 is 6.60 Å². The second-order valence-electron chi connectivity index (χ2n) is 7.52. The quantitative estimate of drug-likeness (QED) is 0.575. The van der Waals surface area contributed by atoms with Crippen molar-refractivity contribution in [2.75, 3.05) is 6.66 Å². The van der Waals surface area contributed by atoms with E-state index in [2.05, 4.69) is 129 Å². The SMILES string of the molecule is CC1(P(C)(c2ccccc2)(c2ccccc2)c2ccccc2)C=CC=C1. The van der Waals surface area contributed by atoms with Crippen molar-refractivity contribution >= 4 is 22.5 Å². The molecular weight excluding hydrogens is 331 g/mol. The molecule has 26 heavy (non-hydrogen) atoms. The maximum atomic E-state index is 2.53. The molecule has 0 fully saturated rings. The van der Waals surface area contributed by atoms with Gasteiger partial charge in [-0.2, -0.15) is 0 Å². The van der Waals surface area contributed by atoms with Crippen LogP contribution in [-0.4, -0.2) is 11.8 Å². The molecule has 0 radical (unpaired) electrons. The van der Waals surface area contributed by atoms with Crippen molar-refractivity contribution < 1.29 is 0 Å². The number of allylic oxidation sites excluding steroid dienone is 4. The van der Waals surface area contributed by atoms with E-state index in [0.717, 1.165) is 0 Å². The van der Waals surface area contributed by atoms with Gasteiger partial charge in [0.1, 0.15) is 0 Å². The van der Waals surface area contributed by atoms with Gasteiger partial charge in [-0.1, -0.05) is 0 Å². The van der Waals surface area contributed by atoms with Gasteiger partial charge in [-0.25, -0.2) is 0 Å². The summed E-state index contributed by atoms with van der Waals surface area (Å²) in [5.41, 5.74) is 0. The van der Waals surface area contributed by atoms with Gasteiger partial charge in [0.15, 0.2) is 0 Å². The Morgan fingerprint density at radius 2 is 0.846 bits per heavy atom. The van der Waals surface area contributed by atoms with Crippen LogP contribution < -0.4 is 15.9 Å². The number of hydrogen-bond acceptors (Lipinski definition) is 0. The molecule has 0 bridgehead atoms. The van der Waals surface area contributed by atoms with Gasteiger partial charge in [0.05, 0.1) is 0 Å². The zero-order valence-corrected chi connectivity index (χ0v) is 16.3. The molecule has 0 unspecified atom stereocenters. The summed E-state index contributed by atoms with van der Waals surface area (Å²) in [5, 5.41) is 4.20. The van der Waals surface area contributed by atoms with Crippen LogP contribution in [0.1, 0.15) is 6.92 Å². The third kappa shape index (κ3) is 2.06. The first-order chi connectivity index (χ1) is 12.6. The average molecular weight is 356 g/mol. The molecular formula is C25H25P. The fraction of sp³-hybridized carbons (Fsp3) is 0.120. The van der Waals surface area contributed by atoms with Gasteiger partial charge in [-0.3, -0.25) is 0 Å². The second-order valence-corrected chi connectivity index (χ2v) is 13.2. The van der Waals surface area contributed by atoms with Crippen molar-refractivity contribution in [2.45, 2.75) is 12.1 Å². The Labute approximate surface area is 156 Å². The van der Waals surface area contributed by atoms with Crippen LogP contribution in [0.2, 0.25) is 0 Å². The van der Waals surface area contributed by atoms with E-state index in [1.165, 1.54) is 15.9 Å². The molecule has 0 atom stereocenters. The third-order valence-electron chi connectivity index (χ3n) is 6.39. The minimum absolute atomic E-state index is 0.0737. The summed E-state index contributed by atoms with van der Waals surface area (Å²) in [4.78, 5) is 0. The predicted molar refractivity (Wildman–Crippen MR) is 118 cm³/mol. The molecule has 1 aliphatic carbocycles. The Hall–Kier alpha value is -2.43. The van der Waals surface area contributed by atoms with Crippen LogP contribution in [0, 0.1) is 0 Å². The van der Waals surface area contributed by atoms with Gasteiger partial charge in [-0.05, 0) is 0 Å². The Balaban J connectivity index is 2.23. The van der Waals surface area contributed by atoms with Gasteiger partial charge in [0.2, 0.25) is 0 Å². The Morgan fingerprint density at radius 1 is 0.538 bits per heavy atom. The van der Waals surface area contributed by atoms with E-state index in [-0.39, 0.29) is 5.16 Å². The number of hydrogen-bond donors (Lipinski definition) is 0. The summed E-state index contributed by atoms with van der Waals surface area (Å²) in [5.74, 6) is 0. The maximum absolute atomic E-state index is 2.81. The molecule has 0 aromatic heterocycles. The number of benzene rings is 3. The summed E-state index contributed by atoms with van der Waals surface area (Å²) in [6.07, 6.45) is 9.22. The van der Waals surface area contributed by atoms with Crippen molar-refractivity contribution in [1.82, 2.24) is 0 Å². The van der Waals surface area contributed by atoms with Gasteiger partial charge >= 0.3 is 157 Å². The van der Waals surface area contributed by atoms with Crippen LogP contribution in [0.15, 0.2) is 115 Å². The monoisotopic (exact) mass is 356 g/mol. The van der Waals surface area contributed by atoms with Crippen LogP contribution in [0.25, 0.3) is 0 Å². The summed E-state index contributed by atoms with van der Waals surface area (Å²) in [6, 6.07) is 33.3. The summed E-state index contributed by atoms with van der Waals surface area (Å²) < 4.78 is 0. The molecule has 1 heteroatoms. The minimum atomic E-state index is -2.81. The first-order valence-electron chi connectivity index (χ1n) is 9.15. The fourth-order valence-corrected chi connectivity index (χ4v) is 10.8. The average Bonchev–Trinajstić information content (AvgIpc) is 3.18. The molecule has 3 aromatic carbocycles. The summed E-state index contributed by atoms with van der Waals surface area (Å²) in [6.45, 7) is 2.13. The van der Waals surface area contributed by atoms with Crippen molar-refractivity contribution in [3.8, 4) is 0 Å². The molecule has 1 aliphatic rings. The Morgan fingerprint density at radius 3 is 1.15 bits per heavy atom. The molecule has 0 N–H and O–H groups in total. The first kappa shape index (κ1) is 17.0. The van der Waals surface area contributed by atoms with Gasteiger partial charge < -0.3 is 0 Å². The van der Waals surface area contributed by atoms with Gasteiger partial charge in [0.25, 0.3) is 0 Å². The van der Waals surface area contributed by atoms with E-state index in [1.807, 2.05) is 0 Å². The molecule has 3 aromatic rings. The van der Waals surface area contributed by atoms with E-state index < -0.39 is 6.60 Å². The van der Waals surface area contributed by atoms with Crippen LogP contribution in [0.5, 0.6) is 0 Å². The van der Waals surface area contributed by atoms with Gasteiger partial charge in [0, 0.05) is 0 Å². The van der Waals surface area contributed by atoms with Crippen molar-refractivity contribution in [3.05, 3.63) is 115 Å². The van der Waals surface area contributed by atoms with E-state index in [1.54, 1.807) is 0 Å². The van der Waals surface area contributed by atoms with E-state index in [0.29, 0.717) is 0 Å². The zero-order chi connectivity index (χ0) is 18.1. The summed E-state index contributed by atoms with van der Waals surface area (Å²) >= 11 is 0. The van der Waals surface area contributed by atoms with Crippen molar-refractivity contribution in [3.63, 3.8) is 0 Å². The molecule has 4 rings (SSSR count). The Bertz CT molecular complexity index is 841. The Kier molecular flexibility index (Phi) is 3.98. The predicted octanol–water partition coefficient (Wildman–Crippen LogP) is 5.03. The molecule has 0 spiro atoms. The van der Waals surface area contributed by atoms with E-state index in [4.69, 9.17) is 0 Å². The van der Waals surface area contributed by atoms with E-state index >= 15 is 0 Å². The fourth-order valence-electron chi connectivity index (χ4n) is 4.61. The third-order valence-corrected chi connectivity index (χ3v) is 13.9. The van der Waals surface area contributed by atoms with Crippen molar-refractivity contribution in [2.24, 2.45) is 0 Å². The summed E-state index contributed by atoms with van der Waals surface area (Å²) in [7, 11) is 0. The van der Waals surface area contributed by atoms with Gasteiger partial charge in [-0.15, -0.1) is 0 Å². The zero-order valence-electron chi connectivity index (χ0n) is 15.4. The normalized spacial score (nSPS) is 16.9. The molecule has 0 saturated carbocycles. The second kappa shape index (κ2) is 6.08. The molecule has 0 aliphatic heterocycles. The molecule has 130 valence electrons.